The molecule has 2 heterocycles. The fraction of sp³-hybridized carbons (Fsp3) is 0.462. The van der Waals surface area contributed by atoms with E-state index in [0.29, 0.717) is 11.3 Å². The fourth-order valence-corrected chi connectivity index (χ4v) is 4.04. The summed E-state index contributed by atoms with van der Waals surface area (Å²) in [5.74, 6) is 0.540. The van der Waals surface area contributed by atoms with E-state index in [-0.39, 0.29) is 0 Å². The number of rotatable bonds is 1. The van der Waals surface area contributed by atoms with Gasteiger partial charge in [-0.3, -0.25) is 0 Å². The third kappa shape index (κ3) is 2.02. The maximum absolute atomic E-state index is 4.80. The van der Waals surface area contributed by atoms with Gasteiger partial charge in [0.15, 0.2) is 0 Å². The van der Waals surface area contributed by atoms with Crippen molar-refractivity contribution in [3.8, 4) is 0 Å². The van der Waals surface area contributed by atoms with Crippen LogP contribution >= 0.6 is 27.3 Å². The average molecular weight is 311 g/mol. The topological polar surface area (TPSA) is 24.9 Å². The summed E-state index contributed by atoms with van der Waals surface area (Å²) in [4.78, 5) is 4.80. The lowest BCUT2D eigenvalue weighted by atomic mass is 9.82. The monoisotopic (exact) mass is 310 g/mol. The zero-order chi connectivity index (χ0) is 12.0. The fourth-order valence-electron chi connectivity index (χ4n) is 2.43. The highest BCUT2D eigenvalue weighted by atomic mass is 79.9. The van der Waals surface area contributed by atoms with E-state index >= 15 is 0 Å². The largest absolute Gasteiger partial charge is 0.315 e. The van der Waals surface area contributed by atoms with Crippen LogP contribution < -0.4 is 5.32 Å². The molecule has 1 aliphatic rings. The number of nitrogens with zero attached hydrogens (tertiary/aromatic N) is 1. The van der Waals surface area contributed by atoms with Crippen LogP contribution in [0.4, 0.5) is 0 Å². The van der Waals surface area contributed by atoms with Gasteiger partial charge in [0.25, 0.3) is 0 Å². The first-order valence-corrected chi connectivity index (χ1v) is 7.44. The first-order valence-electron chi connectivity index (χ1n) is 5.83. The summed E-state index contributed by atoms with van der Waals surface area (Å²) in [7, 11) is 0. The molecule has 0 amide bonds. The molecule has 1 saturated heterocycles. The van der Waals surface area contributed by atoms with Gasteiger partial charge >= 0.3 is 0 Å². The van der Waals surface area contributed by atoms with Crippen molar-refractivity contribution in [2.24, 2.45) is 5.41 Å². The Morgan fingerprint density at radius 3 is 3.00 bits per heavy atom. The molecule has 90 valence electrons. The van der Waals surface area contributed by atoms with Gasteiger partial charge in [0.1, 0.15) is 0 Å². The summed E-state index contributed by atoms with van der Waals surface area (Å²) in [5.41, 5.74) is 1.42. The highest BCUT2D eigenvalue weighted by molar-refractivity contribution is 9.10. The van der Waals surface area contributed by atoms with Crippen molar-refractivity contribution in [2.75, 3.05) is 13.1 Å². The van der Waals surface area contributed by atoms with Crippen LogP contribution in [-0.2, 0) is 0 Å². The molecule has 0 radical (unpaired) electrons. The zero-order valence-electron chi connectivity index (χ0n) is 9.96. The summed E-state index contributed by atoms with van der Waals surface area (Å²) in [6.45, 7) is 6.77. The van der Waals surface area contributed by atoms with Gasteiger partial charge in [0, 0.05) is 23.5 Å². The van der Waals surface area contributed by atoms with Crippen molar-refractivity contribution in [3.63, 3.8) is 0 Å². The number of nitrogens with one attached hydrogen (secondary N) is 1. The Labute approximate surface area is 114 Å². The van der Waals surface area contributed by atoms with E-state index in [1.54, 1.807) is 0 Å². The number of benzene rings is 1. The first-order chi connectivity index (χ1) is 8.06. The molecule has 0 spiro atoms. The van der Waals surface area contributed by atoms with Gasteiger partial charge in [0.05, 0.1) is 15.2 Å². The maximum Gasteiger partial charge on any atom is 0.0988 e. The molecule has 1 aromatic heterocycles. The smallest absolute Gasteiger partial charge is 0.0988 e. The van der Waals surface area contributed by atoms with Crippen LogP contribution in [0.5, 0.6) is 0 Å². The van der Waals surface area contributed by atoms with Crippen LogP contribution in [0.15, 0.2) is 22.7 Å². The van der Waals surface area contributed by atoms with Gasteiger partial charge in [0.2, 0.25) is 0 Å². The van der Waals surface area contributed by atoms with E-state index in [2.05, 4.69) is 53.3 Å². The van der Waals surface area contributed by atoms with E-state index in [1.807, 2.05) is 11.3 Å². The van der Waals surface area contributed by atoms with Crippen LogP contribution in [0, 0.1) is 5.41 Å². The Morgan fingerprint density at radius 2 is 2.29 bits per heavy atom. The molecule has 1 aliphatic heterocycles. The minimum absolute atomic E-state index is 0.311. The lowest BCUT2D eigenvalue weighted by Gasteiger charge is -2.23. The molecule has 0 aliphatic carbocycles. The normalized spacial score (nSPS) is 23.4. The number of fused-ring (bicyclic) bond motifs is 1. The molecular formula is C13H15BrN2S. The van der Waals surface area contributed by atoms with Crippen LogP contribution in [0.25, 0.3) is 10.2 Å². The Balaban J connectivity index is 2.06. The van der Waals surface area contributed by atoms with Crippen molar-refractivity contribution in [2.45, 2.75) is 19.8 Å². The Bertz CT molecular complexity index is 562. The van der Waals surface area contributed by atoms with Gasteiger partial charge in [-0.15, -0.1) is 11.3 Å². The summed E-state index contributed by atoms with van der Waals surface area (Å²) >= 11 is 5.33. The zero-order valence-corrected chi connectivity index (χ0v) is 12.4. The molecule has 0 saturated carbocycles. The molecule has 4 heteroatoms. The number of halogens is 1. The number of aromatic nitrogens is 1. The van der Waals surface area contributed by atoms with E-state index in [4.69, 9.17) is 4.98 Å². The first kappa shape index (κ1) is 11.6. The molecule has 1 unspecified atom stereocenters. The third-order valence-electron chi connectivity index (χ3n) is 3.54. The van der Waals surface area contributed by atoms with Crippen LogP contribution in [-0.4, -0.2) is 18.1 Å². The van der Waals surface area contributed by atoms with Gasteiger partial charge in [-0.2, -0.15) is 0 Å². The molecule has 1 aromatic carbocycles. The predicted molar refractivity (Wildman–Crippen MR) is 76.7 cm³/mol. The van der Waals surface area contributed by atoms with Gasteiger partial charge < -0.3 is 5.32 Å². The van der Waals surface area contributed by atoms with Crippen molar-refractivity contribution in [3.05, 3.63) is 27.7 Å². The number of hydrogen-bond donors (Lipinski definition) is 1. The van der Waals surface area contributed by atoms with Gasteiger partial charge in [-0.25, -0.2) is 4.98 Å². The van der Waals surface area contributed by atoms with E-state index < -0.39 is 0 Å². The van der Waals surface area contributed by atoms with Crippen LogP contribution in [0.2, 0.25) is 0 Å². The van der Waals surface area contributed by atoms with Gasteiger partial charge in [-0.05, 0) is 23.6 Å². The quantitative estimate of drug-likeness (QED) is 0.867. The molecule has 2 nitrogen and oxygen atoms in total. The molecule has 2 aromatic rings. The second-order valence-electron chi connectivity index (χ2n) is 5.34. The van der Waals surface area contributed by atoms with E-state index in [0.717, 1.165) is 23.1 Å². The molecule has 3 rings (SSSR count). The van der Waals surface area contributed by atoms with E-state index in [1.165, 1.54) is 9.71 Å². The Kier molecular flexibility index (Phi) is 2.76. The SMILES string of the molecule is CC1(C)CNCC1c1nc2cc(Br)ccc2s1. The molecule has 17 heavy (non-hydrogen) atoms. The molecular weight excluding hydrogens is 296 g/mol. The third-order valence-corrected chi connectivity index (χ3v) is 5.18. The lowest BCUT2D eigenvalue weighted by molar-refractivity contribution is 0.362. The number of hydrogen-bond acceptors (Lipinski definition) is 3. The van der Waals surface area contributed by atoms with Crippen molar-refractivity contribution < 1.29 is 0 Å². The standard InChI is InChI=1S/C13H15BrN2S/c1-13(2)7-15-6-9(13)12-16-10-5-8(14)3-4-11(10)17-12/h3-5,9,15H,6-7H2,1-2H3. The van der Waals surface area contributed by atoms with E-state index in [9.17, 15) is 0 Å². The van der Waals surface area contributed by atoms with Crippen molar-refractivity contribution in [1.29, 1.82) is 0 Å². The molecule has 1 atom stereocenters. The summed E-state index contributed by atoms with van der Waals surface area (Å²) in [6, 6.07) is 6.34. The average Bonchev–Trinajstić information content (AvgIpc) is 2.79. The number of thiazole rings is 1. The molecule has 1 fully saturated rings. The summed E-state index contributed by atoms with van der Waals surface area (Å²) < 4.78 is 2.39. The molecule has 0 bridgehead atoms. The van der Waals surface area contributed by atoms with Crippen molar-refractivity contribution in [1.82, 2.24) is 10.3 Å². The Hall–Kier alpha value is -0.450. The second kappa shape index (κ2) is 4.04. The summed E-state index contributed by atoms with van der Waals surface area (Å²) in [6.07, 6.45) is 0. The predicted octanol–water partition coefficient (Wildman–Crippen LogP) is 3.77. The van der Waals surface area contributed by atoms with Crippen LogP contribution in [0.3, 0.4) is 0 Å². The molecule has 1 N–H and O–H groups in total. The minimum Gasteiger partial charge on any atom is -0.315 e. The highest BCUT2D eigenvalue weighted by Gasteiger charge is 2.37. The second-order valence-corrected chi connectivity index (χ2v) is 7.31. The van der Waals surface area contributed by atoms with Crippen molar-refractivity contribution >= 4 is 37.5 Å². The maximum atomic E-state index is 4.80. The highest BCUT2D eigenvalue weighted by Crippen LogP contribution is 2.41. The van der Waals surface area contributed by atoms with Crippen LogP contribution in [0.1, 0.15) is 24.8 Å². The Morgan fingerprint density at radius 1 is 1.47 bits per heavy atom. The van der Waals surface area contributed by atoms with Gasteiger partial charge in [-0.1, -0.05) is 29.8 Å². The summed E-state index contributed by atoms with van der Waals surface area (Å²) in [5, 5.41) is 4.75. The lowest BCUT2D eigenvalue weighted by Crippen LogP contribution is -2.20. The minimum atomic E-state index is 0.311.